The Labute approximate surface area is 227 Å². The van der Waals surface area contributed by atoms with Crippen molar-refractivity contribution >= 4 is 29.4 Å². The number of aromatic nitrogens is 1. The van der Waals surface area contributed by atoms with Gasteiger partial charge in [0.25, 0.3) is 5.91 Å². The van der Waals surface area contributed by atoms with Gasteiger partial charge in [0.05, 0.1) is 11.7 Å². The lowest BCUT2D eigenvalue weighted by atomic mass is 10.0. The van der Waals surface area contributed by atoms with Gasteiger partial charge in [-0.1, -0.05) is 50.2 Å². The molecule has 10 heteroatoms. The number of amides is 3. The van der Waals surface area contributed by atoms with Crippen LogP contribution in [0, 0.1) is 5.92 Å². The average Bonchev–Trinajstić information content (AvgIpc) is 3.29. The number of benzene rings is 2. The van der Waals surface area contributed by atoms with Crippen LogP contribution in [-0.4, -0.2) is 48.3 Å². The van der Waals surface area contributed by atoms with Gasteiger partial charge < -0.3 is 20.1 Å². The summed E-state index contributed by atoms with van der Waals surface area (Å²) in [7, 11) is 1.67. The molecule has 1 aliphatic rings. The number of carbonyl (C=O) groups is 3. The highest BCUT2D eigenvalue weighted by Crippen LogP contribution is 2.33. The van der Waals surface area contributed by atoms with E-state index in [0.29, 0.717) is 23.0 Å². The lowest BCUT2D eigenvalue weighted by Crippen LogP contribution is -2.56. The molecular formula is C29H33N5O5. The third kappa shape index (κ3) is 6.53. The molecule has 3 aromatic rings. The Morgan fingerprint density at radius 1 is 0.974 bits per heavy atom. The van der Waals surface area contributed by atoms with Crippen LogP contribution >= 0.6 is 0 Å². The molecule has 2 aromatic carbocycles. The largest absolute Gasteiger partial charge is 0.455 e. The van der Waals surface area contributed by atoms with Gasteiger partial charge in [-0.25, -0.2) is 9.78 Å². The number of nitrogens with zero attached hydrogens (tertiary/aromatic N) is 2. The summed E-state index contributed by atoms with van der Waals surface area (Å²) < 4.78 is 11.7. The van der Waals surface area contributed by atoms with E-state index < -0.39 is 30.3 Å². The second kappa shape index (κ2) is 12.4. The van der Waals surface area contributed by atoms with E-state index in [2.05, 4.69) is 20.9 Å². The van der Waals surface area contributed by atoms with Crippen LogP contribution in [0.5, 0.6) is 11.5 Å². The van der Waals surface area contributed by atoms with E-state index in [1.54, 1.807) is 50.5 Å². The fourth-order valence-electron chi connectivity index (χ4n) is 4.17. The molecule has 0 saturated carbocycles. The molecule has 2 heterocycles. The monoisotopic (exact) mass is 531 g/mol. The molecule has 0 fully saturated rings. The topological polar surface area (TPSA) is 122 Å². The Bertz CT molecular complexity index is 1320. The van der Waals surface area contributed by atoms with Gasteiger partial charge >= 0.3 is 6.09 Å². The quantitative estimate of drug-likeness (QED) is 0.380. The van der Waals surface area contributed by atoms with E-state index in [1.165, 1.54) is 4.90 Å². The van der Waals surface area contributed by atoms with Crippen molar-refractivity contribution in [1.29, 1.82) is 0 Å². The molecule has 0 bridgehead atoms. The second-order valence-electron chi connectivity index (χ2n) is 9.54. The number of hydrogen-bond donors (Lipinski definition) is 3. The first-order valence-corrected chi connectivity index (χ1v) is 12.8. The van der Waals surface area contributed by atoms with Crippen LogP contribution in [0.2, 0.25) is 0 Å². The Hall–Kier alpha value is -4.44. The molecule has 3 N–H and O–H groups in total. The van der Waals surface area contributed by atoms with Crippen molar-refractivity contribution < 1.29 is 23.9 Å². The van der Waals surface area contributed by atoms with Crippen LogP contribution in [-0.2, 0) is 20.7 Å². The summed E-state index contributed by atoms with van der Waals surface area (Å²) >= 11 is 0. The van der Waals surface area contributed by atoms with Gasteiger partial charge in [-0.15, -0.1) is 0 Å². The molecule has 3 amide bonds. The van der Waals surface area contributed by atoms with E-state index in [4.69, 9.17) is 9.47 Å². The summed E-state index contributed by atoms with van der Waals surface area (Å²) in [5, 5.41) is 8.43. The van der Waals surface area contributed by atoms with E-state index in [0.717, 1.165) is 5.56 Å². The minimum Gasteiger partial charge on any atom is -0.455 e. The number of rotatable bonds is 9. The summed E-state index contributed by atoms with van der Waals surface area (Å²) in [5.41, 5.74) is 1.17. The smallest absolute Gasteiger partial charge is 0.413 e. The Morgan fingerprint density at radius 3 is 2.41 bits per heavy atom. The van der Waals surface area contributed by atoms with Crippen LogP contribution in [0.4, 0.5) is 16.3 Å². The maximum atomic E-state index is 13.8. The van der Waals surface area contributed by atoms with Crippen molar-refractivity contribution in [1.82, 2.24) is 15.6 Å². The van der Waals surface area contributed by atoms with Crippen LogP contribution in [0.25, 0.3) is 0 Å². The van der Waals surface area contributed by atoms with E-state index in [1.807, 2.05) is 50.2 Å². The lowest BCUT2D eigenvalue weighted by molar-refractivity contribution is -0.130. The van der Waals surface area contributed by atoms with E-state index >= 15 is 0 Å². The van der Waals surface area contributed by atoms with Gasteiger partial charge in [0.2, 0.25) is 5.91 Å². The normalized spacial score (nSPS) is 15.7. The highest BCUT2D eigenvalue weighted by Gasteiger charge is 2.42. The number of pyridine rings is 1. The highest BCUT2D eigenvalue weighted by atomic mass is 16.6. The van der Waals surface area contributed by atoms with Crippen molar-refractivity contribution in [2.24, 2.45) is 5.92 Å². The first-order valence-electron chi connectivity index (χ1n) is 12.8. The molecule has 3 atom stereocenters. The third-order valence-electron chi connectivity index (χ3n) is 6.41. The van der Waals surface area contributed by atoms with Crippen molar-refractivity contribution in [2.75, 3.05) is 17.3 Å². The predicted octanol–water partition coefficient (Wildman–Crippen LogP) is 4.09. The fourth-order valence-corrected chi connectivity index (χ4v) is 4.17. The third-order valence-corrected chi connectivity index (χ3v) is 6.41. The zero-order valence-electron chi connectivity index (χ0n) is 22.4. The minimum atomic E-state index is -0.954. The van der Waals surface area contributed by atoms with Gasteiger partial charge in [-0.2, -0.15) is 0 Å². The number of carbonyl (C=O) groups excluding carboxylic acids is 3. The average molecular weight is 532 g/mol. The molecule has 39 heavy (non-hydrogen) atoms. The predicted molar refractivity (Wildman–Crippen MR) is 148 cm³/mol. The van der Waals surface area contributed by atoms with Gasteiger partial charge in [-0.05, 0) is 50.2 Å². The first kappa shape index (κ1) is 27.6. The summed E-state index contributed by atoms with van der Waals surface area (Å²) in [4.78, 5) is 45.3. The van der Waals surface area contributed by atoms with Crippen LogP contribution in [0.1, 0.15) is 26.3 Å². The number of hydrogen-bond acceptors (Lipinski definition) is 7. The van der Waals surface area contributed by atoms with Crippen LogP contribution in [0.15, 0.2) is 72.9 Å². The maximum Gasteiger partial charge on any atom is 0.413 e. The molecule has 1 aliphatic heterocycles. The molecule has 10 nitrogen and oxygen atoms in total. The zero-order chi connectivity index (χ0) is 27.9. The molecule has 204 valence electrons. The Morgan fingerprint density at radius 2 is 1.69 bits per heavy atom. The number of likely N-dealkylation sites (N-methyl/N-ethyl adjacent to an activating group) is 1. The molecule has 0 aliphatic carbocycles. The molecule has 0 radical (unpaired) electrons. The summed E-state index contributed by atoms with van der Waals surface area (Å²) in [6, 6.07) is 18.4. The zero-order valence-corrected chi connectivity index (χ0v) is 22.4. The number of anilines is 2. The molecule has 4 rings (SSSR count). The number of nitrogens with one attached hydrogen (secondary N) is 3. The number of ether oxygens (including phenoxy) is 2. The van der Waals surface area contributed by atoms with Gasteiger partial charge in [0.15, 0.2) is 12.0 Å². The Balaban J connectivity index is 1.53. The summed E-state index contributed by atoms with van der Waals surface area (Å²) in [6.45, 7) is 5.39. The van der Waals surface area contributed by atoms with Crippen LogP contribution < -0.4 is 25.6 Å². The Kier molecular flexibility index (Phi) is 8.77. The van der Waals surface area contributed by atoms with Crippen molar-refractivity contribution in [2.45, 2.75) is 45.5 Å². The second-order valence-corrected chi connectivity index (χ2v) is 9.54. The first-order chi connectivity index (χ1) is 18.8. The number of fused-ring (bicyclic) bond motifs is 1. The van der Waals surface area contributed by atoms with E-state index in [-0.39, 0.29) is 18.2 Å². The standard InChI is InChI=1S/C29H33N5O5/c1-18(2)25(33-27(35)19(3)30-4)28(36)34-24(17-20-11-10-16-31-26(20)34)39-29(37)32-22-14-8-9-15-23(22)38-21-12-6-5-7-13-21/h5-16,18-19,24-25,30H,17H2,1-4H3,(H,32,37)(H,33,35)/t19-,24-,25-/m0/s1. The van der Waals surface area contributed by atoms with E-state index in [9.17, 15) is 14.4 Å². The lowest BCUT2D eigenvalue weighted by Gasteiger charge is -2.31. The molecule has 0 spiro atoms. The fraction of sp³-hybridized carbons (Fsp3) is 0.310. The van der Waals surface area contributed by atoms with Crippen molar-refractivity contribution in [3.05, 3.63) is 78.5 Å². The summed E-state index contributed by atoms with van der Waals surface area (Å²) in [5.74, 6) is 0.499. The molecule has 0 unspecified atom stereocenters. The molecule has 0 saturated heterocycles. The molecular weight excluding hydrogens is 498 g/mol. The number of para-hydroxylation sites is 3. The van der Waals surface area contributed by atoms with Crippen molar-refractivity contribution in [3.63, 3.8) is 0 Å². The van der Waals surface area contributed by atoms with Crippen LogP contribution in [0.3, 0.4) is 0 Å². The van der Waals surface area contributed by atoms with Gasteiger partial charge in [0, 0.05) is 18.2 Å². The molecule has 1 aromatic heterocycles. The maximum absolute atomic E-state index is 13.8. The van der Waals surface area contributed by atoms with Gasteiger partial charge in [-0.3, -0.25) is 19.8 Å². The highest BCUT2D eigenvalue weighted by molar-refractivity contribution is 6.01. The summed E-state index contributed by atoms with van der Waals surface area (Å²) in [6.07, 6.45) is 0.120. The van der Waals surface area contributed by atoms with Crippen molar-refractivity contribution in [3.8, 4) is 11.5 Å². The van der Waals surface area contributed by atoms with Gasteiger partial charge in [0.1, 0.15) is 17.6 Å². The minimum absolute atomic E-state index is 0.227. The SMILES string of the molecule is CN[C@@H](C)C(=O)N[C@H](C(=O)N1c2ncccc2C[C@@H]1OC(=O)Nc1ccccc1Oc1ccccc1)C(C)C.